The predicted octanol–water partition coefficient (Wildman–Crippen LogP) is 7.23. The average Bonchev–Trinajstić information content (AvgIpc) is 2.67. The summed E-state index contributed by atoms with van der Waals surface area (Å²) >= 11 is 0. The third kappa shape index (κ3) is 9.52. The van der Waals surface area contributed by atoms with Gasteiger partial charge >= 0.3 is 12.3 Å². The summed E-state index contributed by atoms with van der Waals surface area (Å²) in [5.41, 5.74) is 0. The van der Waals surface area contributed by atoms with Crippen molar-refractivity contribution in [2.45, 2.75) is 117 Å². The van der Waals surface area contributed by atoms with Crippen LogP contribution in [0.5, 0.6) is 0 Å². The molecule has 30 heavy (non-hydrogen) atoms. The van der Waals surface area contributed by atoms with Crippen molar-refractivity contribution in [3.63, 3.8) is 0 Å². The zero-order valence-electron chi connectivity index (χ0n) is 19.1. The number of rotatable bonds is 7. The van der Waals surface area contributed by atoms with Crippen molar-refractivity contribution in [1.82, 2.24) is 0 Å². The van der Waals surface area contributed by atoms with Gasteiger partial charge in [-0.3, -0.25) is 9.53 Å². The predicted molar refractivity (Wildman–Crippen MR) is 110 cm³/mol. The highest BCUT2D eigenvalue weighted by molar-refractivity contribution is 5.73. The molecule has 0 saturated heterocycles. The minimum absolute atomic E-state index is 0.111. The van der Waals surface area contributed by atoms with Crippen LogP contribution >= 0.6 is 0 Å². The Morgan fingerprint density at radius 3 is 2.00 bits per heavy atom. The lowest BCUT2D eigenvalue weighted by molar-refractivity contribution is -0.341. The minimum Gasteiger partial charge on any atom is -0.462 e. The first-order valence-electron chi connectivity index (χ1n) is 11.6. The summed E-state index contributed by atoms with van der Waals surface area (Å²) in [6, 6.07) is 0. The van der Waals surface area contributed by atoms with Crippen LogP contribution in [-0.2, 0) is 14.3 Å². The molecule has 0 spiro atoms. The van der Waals surface area contributed by atoms with Crippen LogP contribution in [0, 0.1) is 23.7 Å². The van der Waals surface area contributed by atoms with Crippen LogP contribution in [0.4, 0.5) is 17.6 Å². The van der Waals surface area contributed by atoms with Crippen LogP contribution in [0.1, 0.15) is 92.4 Å². The van der Waals surface area contributed by atoms with Gasteiger partial charge in [0.2, 0.25) is 0 Å². The van der Waals surface area contributed by atoms with Crippen molar-refractivity contribution < 1.29 is 31.8 Å². The SMILES string of the molecule is CC.CC1CCC(C2CCC(C(=O)OC(C)CCC(C)OC(F)(F)F)C(F)C2)CC1. The Morgan fingerprint density at radius 1 is 0.933 bits per heavy atom. The molecule has 2 aliphatic rings. The molecule has 0 N–H and O–H groups in total. The Labute approximate surface area is 179 Å². The molecule has 0 heterocycles. The second-order valence-electron chi connectivity index (χ2n) is 8.91. The average molecular weight is 441 g/mol. The molecular weight excluding hydrogens is 400 g/mol. The van der Waals surface area contributed by atoms with E-state index in [1.165, 1.54) is 19.8 Å². The van der Waals surface area contributed by atoms with Gasteiger partial charge in [0.15, 0.2) is 0 Å². The van der Waals surface area contributed by atoms with Gasteiger partial charge in [-0.15, -0.1) is 13.2 Å². The van der Waals surface area contributed by atoms with E-state index in [4.69, 9.17) is 4.74 Å². The summed E-state index contributed by atoms with van der Waals surface area (Å²) in [6.45, 7) is 9.21. The number of hydrogen-bond acceptors (Lipinski definition) is 3. The van der Waals surface area contributed by atoms with E-state index in [0.717, 1.165) is 25.2 Å². The van der Waals surface area contributed by atoms with Gasteiger partial charge in [-0.1, -0.05) is 33.6 Å². The van der Waals surface area contributed by atoms with E-state index in [0.29, 0.717) is 24.7 Å². The van der Waals surface area contributed by atoms with Gasteiger partial charge < -0.3 is 4.74 Å². The van der Waals surface area contributed by atoms with Crippen molar-refractivity contribution in [1.29, 1.82) is 0 Å². The maximum atomic E-state index is 14.7. The van der Waals surface area contributed by atoms with E-state index in [1.54, 1.807) is 6.92 Å². The largest absolute Gasteiger partial charge is 0.522 e. The number of halogens is 4. The summed E-state index contributed by atoms with van der Waals surface area (Å²) < 4.78 is 60.4. The molecule has 7 heteroatoms. The fourth-order valence-electron chi connectivity index (χ4n) is 4.70. The number of esters is 1. The molecule has 0 radical (unpaired) electrons. The van der Waals surface area contributed by atoms with Gasteiger partial charge in [-0.2, -0.15) is 0 Å². The second kappa shape index (κ2) is 12.9. The lowest BCUT2D eigenvalue weighted by Crippen LogP contribution is -2.37. The Kier molecular flexibility index (Phi) is 11.7. The molecule has 0 amide bonds. The first kappa shape index (κ1) is 27.2. The maximum Gasteiger partial charge on any atom is 0.522 e. The standard InChI is InChI=1S/C21H34F4O3.C2H6/c1-13-4-8-16(9-5-13)17-10-11-18(19(22)12-17)20(26)27-14(2)6-7-15(3)28-21(23,24)25;1-2/h13-19H,4-12H2,1-3H3;1-2H3. The van der Waals surface area contributed by atoms with Gasteiger partial charge in [0.1, 0.15) is 6.17 Å². The van der Waals surface area contributed by atoms with Crippen molar-refractivity contribution in [3.8, 4) is 0 Å². The quantitative estimate of drug-likeness (QED) is 0.309. The molecule has 5 unspecified atom stereocenters. The van der Waals surface area contributed by atoms with Crippen molar-refractivity contribution in [2.24, 2.45) is 23.7 Å². The summed E-state index contributed by atoms with van der Waals surface area (Å²) in [6.07, 6.45) is -0.581. The fourth-order valence-corrected chi connectivity index (χ4v) is 4.70. The van der Waals surface area contributed by atoms with E-state index >= 15 is 0 Å². The summed E-state index contributed by atoms with van der Waals surface area (Å²) in [4.78, 5) is 12.3. The Bertz CT molecular complexity index is 489. The molecule has 2 fully saturated rings. The van der Waals surface area contributed by atoms with E-state index in [1.807, 2.05) is 13.8 Å². The van der Waals surface area contributed by atoms with Crippen LogP contribution < -0.4 is 0 Å². The summed E-state index contributed by atoms with van der Waals surface area (Å²) in [7, 11) is 0. The maximum absolute atomic E-state index is 14.7. The number of carbonyl (C=O) groups excluding carboxylic acids is 1. The normalized spacial score (nSPS) is 31.8. The highest BCUT2D eigenvalue weighted by Gasteiger charge is 2.40. The number of ether oxygens (including phenoxy) is 2. The Hall–Kier alpha value is -0.850. The van der Waals surface area contributed by atoms with Crippen LogP contribution in [0.3, 0.4) is 0 Å². The molecule has 0 aromatic carbocycles. The van der Waals surface area contributed by atoms with E-state index in [9.17, 15) is 22.4 Å². The second-order valence-corrected chi connectivity index (χ2v) is 8.91. The monoisotopic (exact) mass is 440 g/mol. The highest BCUT2D eigenvalue weighted by atomic mass is 19.4. The molecule has 5 atom stereocenters. The molecule has 2 aliphatic carbocycles. The van der Waals surface area contributed by atoms with Gasteiger partial charge in [-0.25, -0.2) is 4.39 Å². The first-order valence-corrected chi connectivity index (χ1v) is 11.6. The fraction of sp³-hybridized carbons (Fsp3) is 0.957. The first-order chi connectivity index (χ1) is 14.0. The molecule has 3 nitrogen and oxygen atoms in total. The Morgan fingerprint density at radius 2 is 1.47 bits per heavy atom. The molecule has 178 valence electrons. The smallest absolute Gasteiger partial charge is 0.462 e. The topological polar surface area (TPSA) is 35.5 Å². The molecule has 0 aromatic rings. The highest BCUT2D eigenvalue weighted by Crippen LogP contribution is 2.42. The lowest BCUT2D eigenvalue weighted by Gasteiger charge is -2.38. The van der Waals surface area contributed by atoms with Gasteiger partial charge in [0.25, 0.3) is 0 Å². The van der Waals surface area contributed by atoms with Crippen LogP contribution in [-0.4, -0.2) is 30.7 Å². The van der Waals surface area contributed by atoms with Crippen LogP contribution in [0.2, 0.25) is 0 Å². The van der Waals surface area contributed by atoms with E-state index in [2.05, 4.69) is 11.7 Å². The molecule has 0 aliphatic heterocycles. The summed E-state index contributed by atoms with van der Waals surface area (Å²) in [5.74, 6) is 0.379. The third-order valence-corrected chi connectivity index (χ3v) is 6.47. The molecule has 2 saturated carbocycles. The van der Waals surface area contributed by atoms with Gasteiger partial charge in [0.05, 0.1) is 18.1 Å². The third-order valence-electron chi connectivity index (χ3n) is 6.47. The molecule has 0 aromatic heterocycles. The lowest BCUT2D eigenvalue weighted by atomic mass is 9.69. The molecule has 2 rings (SSSR count). The Balaban J connectivity index is 0.00000218. The zero-order valence-corrected chi connectivity index (χ0v) is 19.1. The number of carbonyl (C=O) groups is 1. The van der Waals surface area contributed by atoms with E-state index in [-0.39, 0.29) is 12.8 Å². The zero-order chi connectivity index (χ0) is 22.9. The van der Waals surface area contributed by atoms with Crippen molar-refractivity contribution in [2.75, 3.05) is 0 Å². The van der Waals surface area contributed by atoms with Crippen LogP contribution in [0.25, 0.3) is 0 Å². The molecular formula is C23H40F4O3. The number of alkyl halides is 4. The minimum atomic E-state index is -4.67. The van der Waals surface area contributed by atoms with Crippen molar-refractivity contribution >= 4 is 5.97 Å². The van der Waals surface area contributed by atoms with Crippen LogP contribution in [0.15, 0.2) is 0 Å². The van der Waals surface area contributed by atoms with Crippen molar-refractivity contribution in [3.05, 3.63) is 0 Å². The number of hydrogen-bond donors (Lipinski definition) is 0. The summed E-state index contributed by atoms with van der Waals surface area (Å²) in [5, 5.41) is 0. The van der Waals surface area contributed by atoms with Gasteiger partial charge in [0, 0.05) is 0 Å². The van der Waals surface area contributed by atoms with Gasteiger partial charge in [-0.05, 0) is 76.5 Å². The van der Waals surface area contributed by atoms with E-state index < -0.39 is 36.6 Å². The molecule has 0 bridgehead atoms.